The fraction of sp³-hybridized carbons (Fsp3) is 0.400. The van der Waals surface area contributed by atoms with Crippen LogP contribution in [0.1, 0.15) is 41.5 Å². The molecule has 4 heteroatoms. The lowest BCUT2D eigenvalue weighted by molar-refractivity contribution is 0.738. The highest BCUT2D eigenvalue weighted by Crippen LogP contribution is 2.42. The van der Waals surface area contributed by atoms with Gasteiger partial charge in [0.15, 0.2) is 0 Å². The molecule has 0 unspecified atom stereocenters. The van der Waals surface area contributed by atoms with Crippen LogP contribution in [-0.2, 0) is 6.54 Å². The van der Waals surface area contributed by atoms with Gasteiger partial charge in [-0.25, -0.2) is 4.98 Å². The van der Waals surface area contributed by atoms with Gasteiger partial charge in [0.2, 0.25) is 0 Å². The highest BCUT2D eigenvalue weighted by Gasteiger charge is 2.24. The second-order valence-corrected chi connectivity index (χ2v) is 6.57. The zero-order valence-electron chi connectivity index (χ0n) is 10.7. The Bertz CT molecular complexity index is 573. The number of nitrogens with two attached hydrogens (primary N) is 1. The van der Waals surface area contributed by atoms with E-state index in [4.69, 9.17) is 22.3 Å². The van der Waals surface area contributed by atoms with Crippen LogP contribution in [0, 0.1) is 0 Å². The van der Waals surface area contributed by atoms with Gasteiger partial charge in [-0.3, -0.25) is 0 Å². The number of hydrogen-bond donors (Lipinski definition) is 1. The van der Waals surface area contributed by atoms with Crippen molar-refractivity contribution in [1.82, 2.24) is 4.98 Å². The maximum Gasteiger partial charge on any atom is 0.107 e. The molecule has 1 aliphatic rings. The predicted octanol–water partition coefficient (Wildman–Crippen LogP) is 4.58. The van der Waals surface area contributed by atoms with Gasteiger partial charge in [-0.1, -0.05) is 36.6 Å². The van der Waals surface area contributed by atoms with Crippen molar-refractivity contribution in [1.29, 1.82) is 0 Å². The largest absolute Gasteiger partial charge is 0.325 e. The van der Waals surface area contributed by atoms with Gasteiger partial charge in [-0.15, -0.1) is 11.3 Å². The first-order valence-electron chi connectivity index (χ1n) is 6.73. The SMILES string of the molecule is NCc1nc(-c2cccc(Cl)c2)c(C2CCCC2)s1. The summed E-state index contributed by atoms with van der Waals surface area (Å²) in [6.45, 7) is 0.519. The molecule has 1 aromatic carbocycles. The Labute approximate surface area is 122 Å². The van der Waals surface area contributed by atoms with Gasteiger partial charge in [0.25, 0.3) is 0 Å². The molecule has 19 heavy (non-hydrogen) atoms. The Balaban J connectivity index is 2.05. The van der Waals surface area contributed by atoms with Crippen molar-refractivity contribution in [3.05, 3.63) is 39.2 Å². The molecule has 3 rings (SSSR count). The maximum atomic E-state index is 6.10. The van der Waals surface area contributed by atoms with E-state index in [9.17, 15) is 0 Å². The summed E-state index contributed by atoms with van der Waals surface area (Å²) in [5, 5.41) is 1.79. The van der Waals surface area contributed by atoms with Gasteiger partial charge in [0.1, 0.15) is 5.01 Å². The minimum Gasteiger partial charge on any atom is -0.325 e. The minimum absolute atomic E-state index is 0.519. The van der Waals surface area contributed by atoms with Crippen LogP contribution < -0.4 is 5.73 Å². The Morgan fingerprint density at radius 1 is 1.32 bits per heavy atom. The van der Waals surface area contributed by atoms with E-state index in [2.05, 4.69) is 6.07 Å². The average Bonchev–Trinajstić information content (AvgIpc) is 3.07. The summed E-state index contributed by atoms with van der Waals surface area (Å²) in [6, 6.07) is 7.96. The fourth-order valence-corrected chi connectivity index (χ4v) is 4.10. The molecule has 1 aromatic heterocycles. The number of thiazole rings is 1. The quantitative estimate of drug-likeness (QED) is 0.899. The molecule has 2 nitrogen and oxygen atoms in total. The van der Waals surface area contributed by atoms with Crippen molar-refractivity contribution in [3.63, 3.8) is 0 Å². The van der Waals surface area contributed by atoms with Crippen LogP contribution in [0.15, 0.2) is 24.3 Å². The van der Waals surface area contributed by atoms with E-state index in [-0.39, 0.29) is 0 Å². The van der Waals surface area contributed by atoms with Gasteiger partial charge in [-0.05, 0) is 30.9 Å². The third-order valence-corrected chi connectivity index (χ3v) is 5.17. The van der Waals surface area contributed by atoms with Gasteiger partial charge in [0, 0.05) is 22.0 Å². The van der Waals surface area contributed by atoms with Crippen LogP contribution in [0.2, 0.25) is 5.02 Å². The Morgan fingerprint density at radius 3 is 2.79 bits per heavy atom. The topological polar surface area (TPSA) is 38.9 Å². The van der Waals surface area contributed by atoms with E-state index in [1.807, 2.05) is 18.2 Å². The van der Waals surface area contributed by atoms with Crippen LogP contribution >= 0.6 is 22.9 Å². The minimum atomic E-state index is 0.519. The Morgan fingerprint density at radius 2 is 2.11 bits per heavy atom. The summed E-state index contributed by atoms with van der Waals surface area (Å²) in [4.78, 5) is 6.12. The molecule has 1 saturated carbocycles. The van der Waals surface area contributed by atoms with Gasteiger partial charge in [-0.2, -0.15) is 0 Å². The molecule has 2 N–H and O–H groups in total. The summed E-state index contributed by atoms with van der Waals surface area (Å²) < 4.78 is 0. The first kappa shape index (κ1) is 13.1. The van der Waals surface area contributed by atoms with Gasteiger partial charge >= 0.3 is 0 Å². The van der Waals surface area contributed by atoms with Crippen LogP contribution in [0.4, 0.5) is 0 Å². The lowest BCUT2D eigenvalue weighted by Crippen LogP contribution is -1.94. The third-order valence-electron chi connectivity index (χ3n) is 3.70. The lowest BCUT2D eigenvalue weighted by atomic mass is 10.0. The molecule has 2 aromatic rings. The fourth-order valence-electron chi connectivity index (χ4n) is 2.77. The zero-order chi connectivity index (χ0) is 13.2. The molecule has 0 aliphatic heterocycles. The second-order valence-electron chi connectivity index (χ2n) is 5.02. The number of halogens is 1. The average molecular weight is 293 g/mol. The molecular weight excluding hydrogens is 276 g/mol. The maximum absolute atomic E-state index is 6.10. The predicted molar refractivity (Wildman–Crippen MR) is 81.7 cm³/mol. The third kappa shape index (κ3) is 2.69. The highest BCUT2D eigenvalue weighted by atomic mass is 35.5. The molecule has 1 fully saturated rings. The van der Waals surface area contributed by atoms with Crippen molar-refractivity contribution in [2.45, 2.75) is 38.1 Å². The normalized spacial score (nSPS) is 16.1. The molecular formula is C15H17ClN2S. The standard InChI is InChI=1S/C15H17ClN2S/c16-12-7-3-6-11(8-12)14-15(10-4-1-2-5-10)19-13(9-17)18-14/h3,6-8,10H,1-2,4-5,9,17H2. The van der Waals surface area contributed by atoms with Gasteiger partial charge < -0.3 is 5.73 Å². The molecule has 100 valence electrons. The van der Waals surface area contributed by atoms with E-state index in [0.717, 1.165) is 21.3 Å². The first-order chi connectivity index (χ1) is 9.28. The number of nitrogens with zero attached hydrogens (tertiary/aromatic N) is 1. The summed E-state index contributed by atoms with van der Waals surface area (Å²) in [5.74, 6) is 0.659. The van der Waals surface area contributed by atoms with Crippen molar-refractivity contribution in [3.8, 4) is 11.3 Å². The Hall–Kier alpha value is -0.900. The number of benzene rings is 1. The van der Waals surface area contributed by atoms with Crippen LogP contribution in [0.25, 0.3) is 11.3 Å². The van der Waals surface area contributed by atoms with E-state index in [1.165, 1.54) is 30.6 Å². The molecule has 1 heterocycles. The van der Waals surface area contributed by atoms with Crippen LogP contribution in [0.3, 0.4) is 0 Å². The van der Waals surface area contributed by atoms with E-state index < -0.39 is 0 Å². The molecule has 0 radical (unpaired) electrons. The molecule has 0 amide bonds. The molecule has 0 atom stereocenters. The highest BCUT2D eigenvalue weighted by molar-refractivity contribution is 7.12. The number of aromatic nitrogens is 1. The van der Waals surface area contributed by atoms with Crippen LogP contribution in [0.5, 0.6) is 0 Å². The summed E-state index contributed by atoms with van der Waals surface area (Å²) in [5.41, 5.74) is 7.97. The van der Waals surface area contributed by atoms with Crippen LogP contribution in [-0.4, -0.2) is 4.98 Å². The van der Waals surface area contributed by atoms with Crippen molar-refractivity contribution >= 4 is 22.9 Å². The first-order valence-corrected chi connectivity index (χ1v) is 7.93. The summed E-state index contributed by atoms with van der Waals surface area (Å²) >= 11 is 7.88. The zero-order valence-corrected chi connectivity index (χ0v) is 12.3. The van der Waals surface area contributed by atoms with E-state index in [1.54, 1.807) is 11.3 Å². The lowest BCUT2D eigenvalue weighted by Gasteiger charge is -2.09. The summed E-state index contributed by atoms with van der Waals surface area (Å²) in [6.07, 6.45) is 5.21. The van der Waals surface area contributed by atoms with Crippen molar-refractivity contribution in [2.24, 2.45) is 5.73 Å². The number of hydrogen-bond acceptors (Lipinski definition) is 3. The van der Waals surface area contributed by atoms with Crippen molar-refractivity contribution < 1.29 is 0 Å². The van der Waals surface area contributed by atoms with Crippen molar-refractivity contribution in [2.75, 3.05) is 0 Å². The number of rotatable bonds is 3. The molecule has 0 bridgehead atoms. The Kier molecular flexibility index (Phi) is 3.87. The molecule has 0 saturated heterocycles. The van der Waals surface area contributed by atoms with E-state index >= 15 is 0 Å². The monoisotopic (exact) mass is 292 g/mol. The van der Waals surface area contributed by atoms with Gasteiger partial charge in [0.05, 0.1) is 5.69 Å². The summed E-state index contributed by atoms with van der Waals surface area (Å²) in [7, 11) is 0. The molecule has 1 aliphatic carbocycles. The smallest absolute Gasteiger partial charge is 0.107 e. The second kappa shape index (κ2) is 5.61. The van der Waals surface area contributed by atoms with E-state index in [0.29, 0.717) is 12.5 Å². The molecule has 0 spiro atoms.